The van der Waals surface area contributed by atoms with Crippen LogP contribution in [0.2, 0.25) is 0 Å². The second-order valence-electron chi connectivity index (χ2n) is 4.00. The van der Waals surface area contributed by atoms with Crippen LogP contribution < -0.4 is 5.32 Å². The van der Waals surface area contributed by atoms with Gasteiger partial charge in [0.25, 0.3) is 0 Å². The third-order valence-corrected chi connectivity index (χ3v) is 2.37. The van der Waals surface area contributed by atoms with E-state index in [1.165, 1.54) is 5.69 Å². The molecule has 0 fully saturated rings. The zero-order valence-electron chi connectivity index (χ0n) is 9.61. The largest absolute Gasteiger partial charge is 0.396 e. The van der Waals surface area contributed by atoms with Crippen molar-refractivity contribution in [2.24, 2.45) is 5.92 Å². The number of hydrogen-bond donors (Lipinski definition) is 2. The number of aliphatic hydroxyl groups is 1. The maximum Gasteiger partial charge on any atom is 0.0948 e. The quantitative estimate of drug-likeness (QED) is 0.707. The normalized spacial score (nSPS) is 13.0. The molecule has 0 aliphatic rings. The Morgan fingerprint density at radius 2 is 2.40 bits per heavy atom. The van der Waals surface area contributed by atoms with E-state index in [4.69, 9.17) is 5.11 Å². The molecule has 86 valence electrons. The number of aromatic nitrogens is 2. The standard InChI is InChI=1S/C11H21N3O/c1-3-4-14-9-13-7-11(14)6-12-5-10(2)8-15/h7,9-10,12,15H,3-6,8H2,1-2H3. The van der Waals surface area contributed by atoms with Crippen LogP contribution in [0.5, 0.6) is 0 Å². The number of nitrogens with zero attached hydrogens (tertiary/aromatic N) is 2. The smallest absolute Gasteiger partial charge is 0.0948 e. The first-order chi connectivity index (χ1) is 7.27. The zero-order valence-corrected chi connectivity index (χ0v) is 9.61. The van der Waals surface area contributed by atoms with E-state index in [1.54, 1.807) is 0 Å². The molecule has 1 aromatic heterocycles. The van der Waals surface area contributed by atoms with E-state index in [0.717, 1.165) is 26.1 Å². The van der Waals surface area contributed by atoms with Crippen LogP contribution in [0.4, 0.5) is 0 Å². The van der Waals surface area contributed by atoms with Crippen molar-refractivity contribution in [1.29, 1.82) is 0 Å². The summed E-state index contributed by atoms with van der Waals surface area (Å²) in [7, 11) is 0. The first-order valence-corrected chi connectivity index (χ1v) is 5.58. The summed E-state index contributed by atoms with van der Waals surface area (Å²) < 4.78 is 2.16. The van der Waals surface area contributed by atoms with Gasteiger partial charge in [0.2, 0.25) is 0 Å². The predicted molar refractivity (Wildman–Crippen MR) is 60.5 cm³/mol. The summed E-state index contributed by atoms with van der Waals surface area (Å²) in [6.07, 6.45) is 4.89. The number of hydrogen-bond acceptors (Lipinski definition) is 3. The molecule has 0 aromatic carbocycles. The summed E-state index contributed by atoms with van der Waals surface area (Å²) in [6, 6.07) is 0. The van der Waals surface area contributed by atoms with Crippen molar-refractivity contribution < 1.29 is 5.11 Å². The highest BCUT2D eigenvalue weighted by Gasteiger charge is 2.02. The zero-order chi connectivity index (χ0) is 11.1. The number of rotatable bonds is 7. The number of imidazole rings is 1. The Kier molecular flexibility index (Phi) is 5.36. The molecule has 0 aliphatic carbocycles. The molecule has 1 aromatic rings. The minimum atomic E-state index is 0.237. The summed E-state index contributed by atoms with van der Waals surface area (Å²) in [4.78, 5) is 4.13. The number of nitrogens with one attached hydrogen (secondary N) is 1. The van der Waals surface area contributed by atoms with Gasteiger partial charge in [-0.15, -0.1) is 0 Å². The predicted octanol–water partition coefficient (Wildman–Crippen LogP) is 1.01. The molecule has 15 heavy (non-hydrogen) atoms. The lowest BCUT2D eigenvalue weighted by atomic mass is 10.2. The van der Waals surface area contributed by atoms with Gasteiger partial charge in [0, 0.05) is 32.4 Å². The molecule has 0 amide bonds. The Morgan fingerprint density at radius 1 is 1.60 bits per heavy atom. The molecule has 1 heterocycles. The summed E-state index contributed by atoms with van der Waals surface area (Å²) in [5, 5.41) is 12.2. The van der Waals surface area contributed by atoms with Crippen molar-refractivity contribution in [3.63, 3.8) is 0 Å². The van der Waals surface area contributed by atoms with Crippen LogP contribution in [0.3, 0.4) is 0 Å². The van der Waals surface area contributed by atoms with Gasteiger partial charge in [-0.25, -0.2) is 4.98 Å². The molecular weight excluding hydrogens is 190 g/mol. The summed E-state index contributed by atoms with van der Waals surface area (Å²) in [6.45, 7) is 7.10. The molecule has 4 heteroatoms. The highest BCUT2D eigenvalue weighted by atomic mass is 16.3. The lowest BCUT2D eigenvalue weighted by Crippen LogP contribution is -2.23. The van der Waals surface area contributed by atoms with Crippen LogP contribution in [0.1, 0.15) is 26.0 Å². The molecule has 0 aliphatic heterocycles. The van der Waals surface area contributed by atoms with Crippen LogP contribution in [0.25, 0.3) is 0 Å². The van der Waals surface area contributed by atoms with Gasteiger partial charge in [0.05, 0.1) is 12.0 Å². The van der Waals surface area contributed by atoms with E-state index < -0.39 is 0 Å². The van der Waals surface area contributed by atoms with Gasteiger partial charge >= 0.3 is 0 Å². The lowest BCUT2D eigenvalue weighted by Gasteiger charge is -2.10. The van der Waals surface area contributed by atoms with E-state index in [1.807, 2.05) is 19.4 Å². The molecule has 2 N–H and O–H groups in total. The van der Waals surface area contributed by atoms with Crippen LogP contribution >= 0.6 is 0 Å². The fourth-order valence-corrected chi connectivity index (χ4v) is 1.45. The summed E-state index contributed by atoms with van der Waals surface area (Å²) in [5.41, 5.74) is 1.21. The second-order valence-corrected chi connectivity index (χ2v) is 4.00. The fourth-order valence-electron chi connectivity index (χ4n) is 1.45. The first kappa shape index (κ1) is 12.2. The molecule has 0 bridgehead atoms. The maximum absolute atomic E-state index is 8.87. The Balaban J connectivity index is 2.33. The first-order valence-electron chi connectivity index (χ1n) is 5.58. The summed E-state index contributed by atoms with van der Waals surface area (Å²) >= 11 is 0. The van der Waals surface area contributed by atoms with Crippen LogP contribution in [0.15, 0.2) is 12.5 Å². The van der Waals surface area contributed by atoms with Gasteiger partial charge in [-0.1, -0.05) is 13.8 Å². The van der Waals surface area contributed by atoms with Crippen LogP contribution in [0, 0.1) is 5.92 Å². The maximum atomic E-state index is 8.87. The lowest BCUT2D eigenvalue weighted by molar-refractivity contribution is 0.233. The molecule has 1 atom stereocenters. The van der Waals surface area contributed by atoms with Gasteiger partial charge < -0.3 is 15.0 Å². The minimum Gasteiger partial charge on any atom is -0.396 e. The Labute approximate surface area is 91.3 Å². The Hall–Kier alpha value is -0.870. The molecule has 4 nitrogen and oxygen atoms in total. The van der Waals surface area contributed by atoms with E-state index in [9.17, 15) is 0 Å². The van der Waals surface area contributed by atoms with Crippen molar-refractivity contribution in [2.45, 2.75) is 33.4 Å². The highest BCUT2D eigenvalue weighted by molar-refractivity contribution is 4.97. The molecule has 0 saturated heterocycles. The van der Waals surface area contributed by atoms with Gasteiger partial charge in [-0.3, -0.25) is 0 Å². The van der Waals surface area contributed by atoms with E-state index in [2.05, 4.69) is 21.8 Å². The third-order valence-electron chi connectivity index (χ3n) is 2.37. The van der Waals surface area contributed by atoms with Crippen molar-refractivity contribution in [3.05, 3.63) is 18.2 Å². The van der Waals surface area contributed by atoms with E-state index in [0.29, 0.717) is 5.92 Å². The number of aliphatic hydroxyl groups excluding tert-OH is 1. The Bertz CT molecular complexity index is 273. The molecule has 1 unspecified atom stereocenters. The van der Waals surface area contributed by atoms with Crippen molar-refractivity contribution in [2.75, 3.05) is 13.2 Å². The average Bonchev–Trinajstić information content (AvgIpc) is 2.66. The highest BCUT2D eigenvalue weighted by Crippen LogP contribution is 2.00. The van der Waals surface area contributed by atoms with Crippen molar-refractivity contribution in [3.8, 4) is 0 Å². The molecule has 1 rings (SSSR count). The molecular formula is C11H21N3O. The van der Waals surface area contributed by atoms with Gasteiger partial charge in [0.1, 0.15) is 0 Å². The van der Waals surface area contributed by atoms with Gasteiger partial charge in [-0.2, -0.15) is 0 Å². The van der Waals surface area contributed by atoms with E-state index >= 15 is 0 Å². The summed E-state index contributed by atoms with van der Waals surface area (Å²) in [5.74, 6) is 0.313. The Morgan fingerprint density at radius 3 is 3.07 bits per heavy atom. The molecule has 0 radical (unpaired) electrons. The van der Waals surface area contributed by atoms with Crippen LogP contribution in [-0.4, -0.2) is 27.8 Å². The topological polar surface area (TPSA) is 50.1 Å². The molecule has 0 saturated carbocycles. The van der Waals surface area contributed by atoms with Gasteiger partial charge in [-0.05, 0) is 12.3 Å². The van der Waals surface area contributed by atoms with E-state index in [-0.39, 0.29) is 6.61 Å². The average molecular weight is 211 g/mol. The fraction of sp³-hybridized carbons (Fsp3) is 0.727. The van der Waals surface area contributed by atoms with Gasteiger partial charge in [0.15, 0.2) is 0 Å². The number of aryl methyl sites for hydroxylation is 1. The van der Waals surface area contributed by atoms with Crippen molar-refractivity contribution in [1.82, 2.24) is 14.9 Å². The third kappa shape index (κ3) is 4.01. The SMILES string of the molecule is CCCn1cncc1CNCC(C)CO. The second kappa shape index (κ2) is 6.58. The van der Waals surface area contributed by atoms with Crippen LogP contribution in [-0.2, 0) is 13.1 Å². The monoisotopic (exact) mass is 211 g/mol. The van der Waals surface area contributed by atoms with Crippen molar-refractivity contribution >= 4 is 0 Å². The molecule has 0 spiro atoms. The minimum absolute atomic E-state index is 0.237.